The average Bonchev–Trinajstić information content (AvgIpc) is 2.33. The van der Waals surface area contributed by atoms with Crippen LogP contribution < -0.4 is 5.43 Å². The van der Waals surface area contributed by atoms with Gasteiger partial charge in [0.2, 0.25) is 0 Å². The molecule has 0 heterocycles. The fraction of sp³-hybridized carbons (Fsp3) is 0.714. The number of hydrogen-bond acceptors (Lipinski definition) is 5. The lowest BCUT2D eigenvalue weighted by Crippen LogP contribution is -2.46. The molecule has 0 aliphatic heterocycles. The highest BCUT2D eigenvalue weighted by Crippen LogP contribution is 2.09. The van der Waals surface area contributed by atoms with E-state index in [0.29, 0.717) is 26.1 Å². The predicted molar refractivity (Wildman–Crippen MR) is 85.1 cm³/mol. The molecule has 0 rings (SSSR count). The summed E-state index contributed by atoms with van der Waals surface area (Å²) in [7, 11) is 0. The smallest absolute Gasteiger partial charge is 0.422 e. The van der Waals surface area contributed by atoms with Gasteiger partial charge in [0.05, 0.1) is 6.61 Å². The molecule has 7 heteroatoms. The van der Waals surface area contributed by atoms with Crippen molar-refractivity contribution in [1.82, 2.24) is 10.4 Å². The van der Waals surface area contributed by atoms with Crippen molar-refractivity contribution in [3.8, 4) is 0 Å². The number of ether oxygens (including phenoxy) is 2. The van der Waals surface area contributed by atoms with Crippen LogP contribution in [-0.4, -0.2) is 47.2 Å². The number of rotatable bonds is 8. The molecule has 6 nitrogen and oxygen atoms in total. The van der Waals surface area contributed by atoms with Gasteiger partial charge in [0.25, 0.3) is 0 Å². The van der Waals surface area contributed by atoms with Gasteiger partial charge in [-0.2, -0.15) is 0 Å². The summed E-state index contributed by atoms with van der Waals surface area (Å²) in [6, 6.07) is 0. The molecule has 0 spiro atoms. The third-order valence-electron chi connectivity index (χ3n) is 2.19. The first kappa shape index (κ1) is 19.9. The Morgan fingerprint density at radius 2 is 2.05 bits per heavy atom. The fourth-order valence-corrected chi connectivity index (χ4v) is 1.74. The molecule has 122 valence electrons. The third kappa shape index (κ3) is 10.3. The number of carbonyl (C=O) groups excluding carboxylic acids is 2. The zero-order valence-electron chi connectivity index (χ0n) is 13.1. The third-order valence-corrected chi connectivity index (χ3v) is 3.02. The molecule has 0 radical (unpaired) electrons. The van der Waals surface area contributed by atoms with Crippen LogP contribution in [0.3, 0.4) is 0 Å². The molecule has 1 unspecified atom stereocenters. The van der Waals surface area contributed by atoms with Crippen molar-refractivity contribution < 1.29 is 19.1 Å². The minimum absolute atomic E-state index is 0.312. The minimum Gasteiger partial charge on any atom is -0.465 e. The highest BCUT2D eigenvalue weighted by Gasteiger charge is 2.20. The van der Waals surface area contributed by atoms with Gasteiger partial charge in [0.15, 0.2) is 0 Å². The van der Waals surface area contributed by atoms with Gasteiger partial charge in [-0.25, -0.2) is 9.80 Å². The molecule has 0 fully saturated rings. The summed E-state index contributed by atoms with van der Waals surface area (Å²) in [6.07, 6.45) is 1.61. The molecular weight excluding hydrogens is 340 g/mol. The van der Waals surface area contributed by atoms with Crippen LogP contribution in [0.5, 0.6) is 0 Å². The molecule has 0 saturated carbocycles. The highest BCUT2D eigenvalue weighted by molar-refractivity contribution is 9.10. The number of nitrogens with one attached hydrogen (secondary N) is 1. The van der Waals surface area contributed by atoms with E-state index in [0.717, 1.165) is 0 Å². The van der Waals surface area contributed by atoms with E-state index in [1.54, 1.807) is 38.8 Å². The number of amides is 1. The highest BCUT2D eigenvalue weighted by atomic mass is 79.9. The molecule has 0 aliphatic carbocycles. The first-order chi connectivity index (χ1) is 9.69. The van der Waals surface area contributed by atoms with Crippen LogP contribution in [0.15, 0.2) is 12.7 Å². The van der Waals surface area contributed by atoms with Gasteiger partial charge in [0, 0.05) is 13.1 Å². The van der Waals surface area contributed by atoms with E-state index in [2.05, 4.69) is 27.9 Å². The molecule has 0 bridgehead atoms. The molecule has 21 heavy (non-hydrogen) atoms. The summed E-state index contributed by atoms with van der Waals surface area (Å²) >= 11 is 3.27. The van der Waals surface area contributed by atoms with Crippen LogP contribution in [0.1, 0.15) is 34.1 Å². The summed E-state index contributed by atoms with van der Waals surface area (Å²) in [5, 5.41) is 1.63. The van der Waals surface area contributed by atoms with E-state index >= 15 is 0 Å². The SMILES string of the molecule is C=CCN(CCC(Br)C(=O)OCC)NC(=O)OC(C)(C)C. The van der Waals surface area contributed by atoms with Crippen LogP contribution in [0.4, 0.5) is 4.79 Å². The summed E-state index contributed by atoms with van der Waals surface area (Å²) in [5.41, 5.74) is 2.07. The van der Waals surface area contributed by atoms with Gasteiger partial charge in [-0.3, -0.25) is 10.2 Å². The number of esters is 1. The Labute approximate surface area is 134 Å². The zero-order valence-corrected chi connectivity index (χ0v) is 14.7. The zero-order chi connectivity index (χ0) is 16.5. The Morgan fingerprint density at radius 3 is 2.52 bits per heavy atom. The average molecular weight is 365 g/mol. The van der Waals surface area contributed by atoms with Crippen molar-refractivity contribution in [2.24, 2.45) is 0 Å². The van der Waals surface area contributed by atoms with Gasteiger partial charge in [-0.1, -0.05) is 22.0 Å². The number of hydrazine groups is 1. The number of alkyl halides is 1. The van der Waals surface area contributed by atoms with Crippen LogP contribution in [0, 0.1) is 0 Å². The van der Waals surface area contributed by atoms with E-state index in [9.17, 15) is 9.59 Å². The largest absolute Gasteiger partial charge is 0.465 e. The van der Waals surface area contributed by atoms with Crippen LogP contribution >= 0.6 is 15.9 Å². The summed E-state index contributed by atoms with van der Waals surface area (Å²) in [6.45, 7) is 12.0. The second-order valence-corrected chi connectivity index (χ2v) is 6.46. The molecule has 0 aromatic rings. The fourth-order valence-electron chi connectivity index (χ4n) is 1.40. The van der Waals surface area contributed by atoms with E-state index in [1.165, 1.54) is 0 Å². The first-order valence-corrected chi connectivity index (χ1v) is 7.77. The lowest BCUT2D eigenvalue weighted by Gasteiger charge is -2.25. The van der Waals surface area contributed by atoms with E-state index < -0.39 is 16.5 Å². The number of halogens is 1. The molecule has 0 aromatic heterocycles. The Balaban J connectivity index is 4.33. The Morgan fingerprint density at radius 1 is 1.43 bits per heavy atom. The van der Waals surface area contributed by atoms with Crippen LogP contribution in [0.25, 0.3) is 0 Å². The quantitative estimate of drug-likeness (QED) is 0.310. The normalized spacial score (nSPS) is 12.7. The Hall–Kier alpha value is -1.08. The number of hydrogen-bond donors (Lipinski definition) is 1. The summed E-state index contributed by atoms with van der Waals surface area (Å²) < 4.78 is 10.1. The van der Waals surface area contributed by atoms with Gasteiger partial charge in [-0.15, -0.1) is 6.58 Å². The Bertz CT molecular complexity index is 355. The molecule has 1 amide bonds. The molecule has 1 N–H and O–H groups in total. The monoisotopic (exact) mass is 364 g/mol. The van der Waals surface area contributed by atoms with Crippen molar-refractivity contribution in [2.75, 3.05) is 19.7 Å². The minimum atomic E-state index is -0.563. The van der Waals surface area contributed by atoms with Gasteiger partial charge in [0.1, 0.15) is 10.4 Å². The molecule has 1 atom stereocenters. The second-order valence-electron chi connectivity index (χ2n) is 5.36. The van der Waals surface area contributed by atoms with Crippen LogP contribution in [-0.2, 0) is 14.3 Å². The Kier molecular flexibility index (Phi) is 9.28. The number of carbonyl (C=O) groups is 2. The van der Waals surface area contributed by atoms with Gasteiger partial charge < -0.3 is 9.47 Å². The summed E-state index contributed by atoms with van der Waals surface area (Å²) in [5.74, 6) is -0.312. The van der Waals surface area contributed by atoms with E-state index in [4.69, 9.17) is 9.47 Å². The topological polar surface area (TPSA) is 67.9 Å². The van der Waals surface area contributed by atoms with Crippen molar-refractivity contribution in [2.45, 2.75) is 44.5 Å². The first-order valence-electron chi connectivity index (χ1n) is 6.85. The van der Waals surface area contributed by atoms with E-state index in [1.807, 2.05) is 0 Å². The maximum absolute atomic E-state index is 11.7. The summed E-state index contributed by atoms with van der Waals surface area (Å²) in [4.78, 5) is 22.8. The predicted octanol–water partition coefficient (Wildman–Crippen LogP) is 2.63. The lowest BCUT2D eigenvalue weighted by molar-refractivity contribution is -0.142. The van der Waals surface area contributed by atoms with Crippen molar-refractivity contribution in [3.63, 3.8) is 0 Å². The van der Waals surface area contributed by atoms with Gasteiger partial charge in [-0.05, 0) is 34.1 Å². The second kappa shape index (κ2) is 9.78. The maximum atomic E-state index is 11.7. The van der Waals surface area contributed by atoms with Crippen LogP contribution in [0.2, 0.25) is 0 Å². The van der Waals surface area contributed by atoms with Crippen molar-refractivity contribution in [1.29, 1.82) is 0 Å². The molecule has 0 aliphatic rings. The van der Waals surface area contributed by atoms with Gasteiger partial charge >= 0.3 is 12.1 Å². The van der Waals surface area contributed by atoms with E-state index in [-0.39, 0.29) is 5.97 Å². The lowest BCUT2D eigenvalue weighted by atomic mass is 10.2. The number of nitrogens with zero attached hydrogens (tertiary/aromatic N) is 1. The maximum Gasteiger partial charge on any atom is 0.422 e. The standard InChI is InChI=1S/C14H25BrN2O4/c1-6-9-17(16-13(19)21-14(3,4)5)10-8-11(15)12(18)20-7-2/h6,11H,1,7-10H2,2-5H3,(H,16,19). The van der Waals surface area contributed by atoms with Crippen molar-refractivity contribution in [3.05, 3.63) is 12.7 Å². The molecular formula is C14H25BrN2O4. The molecule has 0 saturated heterocycles. The molecule has 0 aromatic carbocycles. The van der Waals surface area contributed by atoms with Crippen molar-refractivity contribution >= 4 is 28.0 Å².